The van der Waals surface area contributed by atoms with Crippen molar-refractivity contribution in [2.45, 2.75) is 37.6 Å². The Balaban J connectivity index is 2.22. The summed E-state index contributed by atoms with van der Waals surface area (Å²) < 4.78 is 0. The molecule has 1 aromatic carbocycles. The standard InChI is InChI=1S/C13H16N2OS/c1-4-12(16)9(3)17-13-14-10-6-5-8(2)7-11(10)15-13/h5-7,9H,4H2,1-3H3,(H,14,15). The molecule has 0 saturated carbocycles. The SMILES string of the molecule is CCC(=O)C(C)Sc1nc2ccc(C)cc2[nH]1. The number of rotatable bonds is 4. The molecule has 0 radical (unpaired) electrons. The summed E-state index contributed by atoms with van der Waals surface area (Å²) in [5, 5.41) is 0.779. The number of benzene rings is 1. The van der Waals surface area contributed by atoms with E-state index in [1.165, 1.54) is 17.3 Å². The largest absolute Gasteiger partial charge is 0.333 e. The van der Waals surface area contributed by atoms with Gasteiger partial charge in [0, 0.05) is 6.42 Å². The van der Waals surface area contributed by atoms with Crippen molar-refractivity contribution >= 4 is 28.6 Å². The summed E-state index contributed by atoms with van der Waals surface area (Å²) in [6.07, 6.45) is 0.577. The predicted octanol–water partition coefficient (Wildman–Crippen LogP) is 3.33. The molecular weight excluding hydrogens is 232 g/mol. The number of H-pyrrole nitrogens is 1. The van der Waals surface area contributed by atoms with Gasteiger partial charge in [-0.05, 0) is 31.5 Å². The molecule has 0 spiro atoms. The van der Waals surface area contributed by atoms with E-state index >= 15 is 0 Å². The van der Waals surface area contributed by atoms with Crippen LogP contribution in [0.4, 0.5) is 0 Å². The van der Waals surface area contributed by atoms with Gasteiger partial charge in [-0.1, -0.05) is 24.8 Å². The molecular formula is C13H16N2OS. The van der Waals surface area contributed by atoms with Crippen LogP contribution in [-0.2, 0) is 4.79 Å². The average Bonchev–Trinajstić information content (AvgIpc) is 2.69. The summed E-state index contributed by atoms with van der Waals surface area (Å²) in [5.74, 6) is 0.256. The van der Waals surface area contributed by atoms with E-state index in [4.69, 9.17) is 0 Å². The van der Waals surface area contributed by atoms with Crippen molar-refractivity contribution in [2.75, 3.05) is 0 Å². The zero-order valence-electron chi connectivity index (χ0n) is 10.3. The first-order valence-electron chi connectivity index (χ1n) is 5.76. The van der Waals surface area contributed by atoms with E-state index in [0.29, 0.717) is 6.42 Å². The Hall–Kier alpha value is -1.29. The maximum absolute atomic E-state index is 11.5. The first kappa shape index (κ1) is 12.2. The van der Waals surface area contributed by atoms with Gasteiger partial charge >= 0.3 is 0 Å². The van der Waals surface area contributed by atoms with Crippen molar-refractivity contribution < 1.29 is 4.79 Å². The van der Waals surface area contributed by atoms with E-state index in [1.807, 2.05) is 26.0 Å². The fourth-order valence-corrected chi connectivity index (χ4v) is 2.63. The minimum absolute atomic E-state index is 0.0401. The van der Waals surface area contributed by atoms with Gasteiger partial charge in [0.25, 0.3) is 0 Å². The number of fused-ring (bicyclic) bond motifs is 1. The number of Topliss-reactive ketones (excluding diaryl/α,β-unsaturated/α-hetero) is 1. The normalized spacial score (nSPS) is 12.9. The van der Waals surface area contributed by atoms with Crippen molar-refractivity contribution in [3.05, 3.63) is 23.8 Å². The van der Waals surface area contributed by atoms with Gasteiger partial charge in [-0.15, -0.1) is 0 Å². The summed E-state index contributed by atoms with van der Waals surface area (Å²) in [6, 6.07) is 6.11. The minimum Gasteiger partial charge on any atom is -0.333 e. The van der Waals surface area contributed by atoms with Gasteiger partial charge in [0.05, 0.1) is 16.3 Å². The molecule has 2 rings (SSSR count). The molecule has 2 aromatic rings. The number of thioether (sulfide) groups is 1. The van der Waals surface area contributed by atoms with Crippen LogP contribution in [-0.4, -0.2) is 21.0 Å². The number of ketones is 1. The van der Waals surface area contributed by atoms with Crippen molar-refractivity contribution in [2.24, 2.45) is 0 Å². The maximum atomic E-state index is 11.5. The zero-order chi connectivity index (χ0) is 12.4. The highest BCUT2D eigenvalue weighted by molar-refractivity contribution is 8.00. The number of carbonyl (C=O) groups is 1. The molecule has 0 fully saturated rings. The van der Waals surface area contributed by atoms with E-state index in [2.05, 4.69) is 23.0 Å². The molecule has 1 atom stereocenters. The minimum atomic E-state index is -0.0401. The first-order chi connectivity index (χ1) is 8.10. The maximum Gasteiger partial charge on any atom is 0.167 e. The number of nitrogens with zero attached hydrogens (tertiary/aromatic N) is 1. The van der Waals surface area contributed by atoms with Crippen LogP contribution >= 0.6 is 11.8 Å². The van der Waals surface area contributed by atoms with Crippen LogP contribution < -0.4 is 0 Å². The molecule has 0 aliphatic rings. The van der Waals surface area contributed by atoms with Gasteiger partial charge in [0.15, 0.2) is 5.16 Å². The highest BCUT2D eigenvalue weighted by Gasteiger charge is 2.14. The van der Waals surface area contributed by atoms with Crippen LogP contribution in [0.2, 0.25) is 0 Å². The Kier molecular flexibility index (Phi) is 3.52. The fraction of sp³-hybridized carbons (Fsp3) is 0.385. The Bertz CT molecular complexity index is 547. The third-order valence-corrected chi connectivity index (χ3v) is 3.74. The number of hydrogen-bond donors (Lipinski definition) is 1. The Morgan fingerprint density at radius 2 is 2.29 bits per heavy atom. The monoisotopic (exact) mass is 248 g/mol. The Labute approximate surface area is 105 Å². The molecule has 4 heteroatoms. The Morgan fingerprint density at radius 3 is 3.00 bits per heavy atom. The summed E-state index contributed by atoms with van der Waals surface area (Å²) in [4.78, 5) is 19.2. The van der Waals surface area contributed by atoms with E-state index in [0.717, 1.165) is 16.2 Å². The number of imidazole rings is 1. The quantitative estimate of drug-likeness (QED) is 0.844. The molecule has 1 heterocycles. The van der Waals surface area contributed by atoms with Crippen molar-refractivity contribution in [1.29, 1.82) is 0 Å². The third-order valence-electron chi connectivity index (χ3n) is 2.71. The van der Waals surface area contributed by atoms with Crippen LogP contribution in [0.1, 0.15) is 25.8 Å². The number of carbonyl (C=O) groups excluding carboxylic acids is 1. The number of aromatic amines is 1. The van der Waals surface area contributed by atoms with E-state index in [1.54, 1.807) is 0 Å². The molecule has 0 aliphatic heterocycles. The zero-order valence-corrected chi connectivity index (χ0v) is 11.1. The number of nitrogens with one attached hydrogen (secondary N) is 1. The molecule has 0 aliphatic carbocycles. The van der Waals surface area contributed by atoms with Gasteiger partial charge < -0.3 is 4.98 Å². The number of aromatic nitrogens is 2. The van der Waals surface area contributed by atoms with Gasteiger partial charge in [0.2, 0.25) is 0 Å². The van der Waals surface area contributed by atoms with Crippen molar-refractivity contribution in [1.82, 2.24) is 9.97 Å². The summed E-state index contributed by atoms with van der Waals surface area (Å²) in [6.45, 7) is 5.87. The van der Waals surface area contributed by atoms with Gasteiger partial charge in [-0.2, -0.15) is 0 Å². The second kappa shape index (κ2) is 4.92. The molecule has 3 nitrogen and oxygen atoms in total. The third kappa shape index (κ3) is 2.69. The smallest absolute Gasteiger partial charge is 0.167 e. The van der Waals surface area contributed by atoms with Crippen molar-refractivity contribution in [3.8, 4) is 0 Å². The predicted molar refractivity (Wildman–Crippen MR) is 71.4 cm³/mol. The molecule has 1 aromatic heterocycles. The molecule has 0 saturated heterocycles. The van der Waals surface area contributed by atoms with Crippen LogP contribution in [0.5, 0.6) is 0 Å². The molecule has 90 valence electrons. The molecule has 1 N–H and O–H groups in total. The second-order valence-corrected chi connectivity index (χ2v) is 5.47. The highest BCUT2D eigenvalue weighted by Crippen LogP contribution is 2.24. The molecule has 0 amide bonds. The van der Waals surface area contributed by atoms with E-state index in [9.17, 15) is 4.79 Å². The lowest BCUT2D eigenvalue weighted by atomic mass is 10.2. The van der Waals surface area contributed by atoms with E-state index < -0.39 is 0 Å². The number of hydrogen-bond acceptors (Lipinski definition) is 3. The average molecular weight is 248 g/mol. The van der Waals surface area contributed by atoms with Crippen LogP contribution in [0.15, 0.2) is 23.4 Å². The molecule has 17 heavy (non-hydrogen) atoms. The lowest BCUT2D eigenvalue weighted by Gasteiger charge is -2.05. The van der Waals surface area contributed by atoms with Gasteiger partial charge in [-0.25, -0.2) is 4.98 Å². The lowest BCUT2D eigenvalue weighted by molar-refractivity contribution is -0.118. The van der Waals surface area contributed by atoms with Crippen molar-refractivity contribution in [3.63, 3.8) is 0 Å². The highest BCUT2D eigenvalue weighted by atomic mass is 32.2. The molecule has 0 bridgehead atoms. The summed E-state index contributed by atoms with van der Waals surface area (Å²) >= 11 is 1.49. The van der Waals surface area contributed by atoms with Crippen LogP contribution in [0, 0.1) is 6.92 Å². The Morgan fingerprint density at radius 1 is 1.53 bits per heavy atom. The topological polar surface area (TPSA) is 45.8 Å². The lowest BCUT2D eigenvalue weighted by Crippen LogP contribution is -2.11. The summed E-state index contributed by atoms with van der Waals surface area (Å²) in [7, 11) is 0. The van der Waals surface area contributed by atoms with Gasteiger partial charge in [-0.3, -0.25) is 4.79 Å². The first-order valence-corrected chi connectivity index (χ1v) is 6.64. The second-order valence-electron chi connectivity index (χ2n) is 4.14. The summed E-state index contributed by atoms with van der Waals surface area (Å²) in [5.41, 5.74) is 3.19. The van der Waals surface area contributed by atoms with Crippen LogP contribution in [0.25, 0.3) is 11.0 Å². The fourth-order valence-electron chi connectivity index (χ4n) is 1.68. The van der Waals surface area contributed by atoms with Gasteiger partial charge in [0.1, 0.15) is 5.78 Å². The van der Waals surface area contributed by atoms with E-state index in [-0.39, 0.29) is 11.0 Å². The molecule has 1 unspecified atom stereocenters. The van der Waals surface area contributed by atoms with Crippen LogP contribution in [0.3, 0.4) is 0 Å². The number of aryl methyl sites for hydroxylation is 1.